The van der Waals surface area contributed by atoms with Gasteiger partial charge in [0.25, 0.3) is 0 Å². The number of H-pyrrole nitrogens is 1. The molecule has 3 rings (SSSR count). The van der Waals surface area contributed by atoms with Gasteiger partial charge >= 0.3 is 0 Å². The molecule has 0 aliphatic carbocycles. The summed E-state index contributed by atoms with van der Waals surface area (Å²) in [5, 5.41) is 10.2. The predicted octanol–water partition coefficient (Wildman–Crippen LogP) is 3.35. The summed E-state index contributed by atoms with van der Waals surface area (Å²) < 4.78 is 8.46. The van der Waals surface area contributed by atoms with Crippen LogP contribution in [-0.4, -0.2) is 33.8 Å². The molecule has 2 N–H and O–H groups in total. The number of aromatic amines is 1. The molecule has 2 atom stereocenters. The second kappa shape index (κ2) is 8.60. The van der Waals surface area contributed by atoms with Crippen molar-refractivity contribution in [2.24, 2.45) is 5.92 Å². The number of amides is 1. The van der Waals surface area contributed by atoms with Gasteiger partial charge in [-0.3, -0.25) is 9.89 Å². The number of rotatable bonds is 6. The highest BCUT2D eigenvalue weighted by atomic mass is 32.1. The molecule has 0 bridgehead atoms. The van der Waals surface area contributed by atoms with Crippen molar-refractivity contribution in [1.29, 1.82) is 0 Å². The van der Waals surface area contributed by atoms with Crippen molar-refractivity contribution in [3.63, 3.8) is 0 Å². The average Bonchev–Trinajstić information content (AvgIpc) is 3.03. The number of benzene rings is 1. The zero-order chi connectivity index (χ0) is 18.5. The molecule has 6 nitrogen and oxygen atoms in total. The van der Waals surface area contributed by atoms with Crippen LogP contribution in [0.2, 0.25) is 0 Å². The highest BCUT2D eigenvalue weighted by Gasteiger charge is 2.32. The van der Waals surface area contributed by atoms with Crippen LogP contribution in [0.4, 0.5) is 0 Å². The van der Waals surface area contributed by atoms with Crippen molar-refractivity contribution < 1.29 is 9.53 Å². The van der Waals surface area contributed by atoms with Crippen molar-refractivity contribution in [3.05, 3.63) is 46.5 Å². The third kappa shape index (κ3) is 4.22. The zero-order valence-corrected chi connectivity index (χ0v) is 16.1. The molecular formula is C19H26N4O2S. The summed E-state index contributed by atoms with van der Waals surface area (Å²) in [5.74, 6) is 1.06. The highest BCUT2D eigenvalue weighted by molar-refractivity contribution is 7.71. The van der Waals surface area contributed by atoms with E-state index in [2.05, 4.69) is 29.4 Å². The van der Waals surface area contributed by atoms with Gasteiger partial charge in [-0.2, -0.15) is 5.10 Å². The third-order valence-corrected chi connectivity index (χ3v) is 5.04. The second-order valence-electron chi connectivity index (χ2n) is 6.94. The number of carbonyl (C=O) groups is 1. The fourth-order valence-electron chi connectivity index (χ4n) is 3.43. The summed E-state index contributed by atoms with van der Waals surface area (Å²) in [7, 11) is 0. The predicted molar refractivity (Wildman–Crippen MR) is 102 cm³/mol. The van der Waals surface area contributed by atoms with Gasteiger partial charge < -0.3 is 14.6 Å². The van der Waals surface area contributed by atoms with E-state index >= 15 is 0 Å². The molecule has 1 fully saturated rings. The van der Waals surface area contributed by atoms with E-state index in [4.69, 9.17) is 17.0 Å². The van der Waals surface area contributed by atoms with E-state index in [9.17, 15) is 4.79 Å². The molecule has 0 spiro atoms. The fraction of sp³-hybridized carbons (Fsp3) is 0.526. The molecule has 2 aromatic rings. The minimum Gasteiger partial charge on any atom is -0.373 e. The Bertz CT molecular complexity index is 784. The van der Waals surface area contributed by atoms with E-state index in [1.165, 1.54) is 0 Å². The maximum atomic E-state index is 12.8. The Labute approximate surface area is 159 Å². The summed E-state index contributed by atoms with van der Waals surface area (Å²) in [4.78, 5) is 12.8. The zero-order valence-electron chi connectivity index (χ0n) is 15.3. The van der Waals surface area contributed by atoms with Crippen molar-refractivity contribution in [3.8, 4) is 0 Å². The monoisotopic (exact) mass is 374 g/mol. The molecule has 1 aromatic heterocycles. The maximum absolute atomic E-state index is 12.8. The van der Waals surface area contributed by atoms with Crippen molar-refractivity contribution in [2.75, 3.05) is 13.2 Å². The van der Waals surface area contributed by atoms with Crippen molar-refractivity contribution in [2.45, 2.75) is 45.3 Å². The van der Waals surface area contributed by atoms with Crippen LogP contribution in [0, 0.1) is 10.7 Å². The molecule has 2 unspecified atom stereocenters. The SMILES string of the molecule is CC(C)c1n[nH]c(=S)n1CCNC(=O)C1CCCOC1c1ccccc1. The van der Waals surface area contributed by atoms with Gasteiger partial charge in [0.05, 0.1) is 12.0 Å². The van der Waals surface area contributed by atoms with Gasteiger partial charge in [-0.15, -0.1) is 0 Å². The Morgan fingerprint density at radius 1 is 1.42 bits per heavy atom. The normalized spacial score (nSPS) is 20.3. The summed E-state index contributed by atoms with van der Waals surface area (Å²) in [5.41, 5.74) is 1.06. The lowest BCUT2D eigenvalue weighted by Gasteiger charge is -2.31. The summed E-state index contributed by atoms with van der Waals surface area (Å²) in [6, 6.07) is 9.99. The molecule has 1 amide bonds. The average molecular weight is 375 g/mol. The molecule has 26 heavy (non-hydrogen) atoms. The van der Waals surface area contributed by atoms with Gasteiger partial charge in [0.2, 0.25) is 5.91 Å². The Balaban J connectivity index is 1.62. The van der Waals surface area contributed by atoms with E-state index in [-0.39, 0.29) is 23.8 Å². The van der Waals surface area contributed by atoms with Gasteiger partial charge in [-0.1, -0.05) is 44.2 Å². The molecule has 1 aromatic carbocycles. The highest BCUT2D eigenvalue weighted by Crippen LogP contribution is 2.33. The number of hydrogen-bond acceptors (Lipinski definition) is 4. The molecule has 1 saturated heterocycles. The molecule has 1 aliphatic heterocycles. The molecule has 0 saturated carbocycles. The standard InChI is InChI=1S/C19H26N4O2S/c1-13(2)17-21-22-19(26)23(17)11-10-20-18(24)15-9-6-12-25-16(15)14-7-4-3-5-8-14/h3-5,7-8,13,15-16H,6,9-12H2,1-2H3,(H,20,24)(H,22,26). The van der Waals surface area contributed by atoms with E-state index < -0.39 is 0 Å². The molecular weight excluding hydrogens is 348 g/mol. The Kier molecular flexibility index (Phi) is 6.21. The largest absolute Gasteiger partial charge is 0.373 e. The lowest BCUT2D eigenvalue weighted by molar-refractivity contribution is -0.134. The molecule has 2 heterocycles. The van der Waals surface area contributed by atoms with Gasteiger partial charge in [0.1, 0.15) is 5.82 Å². The van der Waals surface area contributed by atoms with Crippen LogP contribution >= 0.6 is 12.2 Å². The number of carbonyl (C=O) groups excluding carboxylic acids is 1. The maximum Gasteiger partial charge on any atom is 0.226 e. The van der Waals surface area contributed by atoms with Gasteiger partial charge in [-0.05, 0) is 30.6 Å². The Hall–Kier alpha value is -1.99. The van der Waals surface area contributed by atoms with Gasteiger partial charge in [-0.25, -0.2) is 0 Å². The summed E-state index contributed by atoms with van der Waals surface area (Å²) in [6.07, 6.45) is 1.58. The van der Waals surface area contributed by atoms with Crippen LogP contribution in [0.15, 0.2) is 30.3 Å². The Morgan fingerprint density at radius 2 is 2.19 bits per heavy atom. The topological polar surface area (TPSA) is 71.9 Å². The number of nitrogens with zero attached hydrogens (tertiary/aromatic N) is 2. The van der Waals surface area contributed by atoms with Crippen LogP contribution in [-0.2, 0) is 16.1 Å². The molecule has 140 valence electrons. The summed E-state index contributed by atoms with van der Waals surface area (Å²) >= 11 is 5.29. The number of nitrogens with one attached hydrogen (secondary N) is 2. The molecule has 1 aliphatic rings. The first kappa shape index (κ1) is 18.8. The van der Waals surface area contributed by atoms with Crippen LogP contribution in [0.25, 0.3) is 0 Å². The van der Waals surface area contributed by atoms with Crippen LogP contribution < -0.4 is 5.32 Å². The third-order valence-electron chi connectivity index (χ3n) is 4.73. The number of ether oxygens (including phenoxy) is 1. The van der Waals surface area contributed by atoms with E-state index in [1.807, 2.05) is 34.9 Å². The molecule has 7 heteroatoms. The van der Waals surface area contributed by atoms with Crippen LogP contribution in [0.5, 0.6) is 0 Å². The van der Waals surface area contributed by atoms with Gasteiger partial charge in [0.15, 0.2) is 4.77 Å². The van der Waals surface area contributed by atoms with Gasteiger partial charge in [0, 0.05) is 25.6 Å². The van der Waals surface area contributed by atoms with Crippen LogP contribution in [0.3, 0.4) is 0 Å². The van der Waals surface area contributed by atoms with E-state index in [0.29, 0.717) is 24.5 Å². The number of hydrogen-bond donors (Lipinski definition) is 2. The van der Waals surface area contributed by atoms with E-state index in [1.54, 1.807) is 0 Å². The number of aromatic nitrogens is 3. The Morgan fingerprint density at radius 3 is 2.92 bits per heavy atom. The lowest BCUT2D eigenvalue weighted by atomic mass is 9.89. The fourth-order valence-corrected chi connectivity index (χ4v) is 3.66. The minimum absolute atomic E-state index is 0.0414. The van der Waals surface area contributed by atoms with E-state index in [0.717, 1.165) is 24.2 Å². The quantitative estimate of drug-likeness (QED) is 0.761. The first-order valence-corrected chi connectivity index (χ1v) is 9.58. The molecule has 0 radical (unpaired) electrons. The summed E-state index contributed by atoms with van der Waals surface area (Å²) in [6.45, 7) is 5.97. The minimum atomic E-state index is -0.174. The second-order valence-corrected chi connectivity index (χ2v) is 7.32. The first-order chi connectivity index (χ1) is 12.6. The lowest BCUT2D eigenvalue weighted by Crippen LogP contribution is -2.39. The smallest absolute Gasteiger partial charge is 0.226 e. The first-order valence-electron chi connectivity index (χ1n) is 9.17. The van der Waals surface area contributed by atoms with Crippen molar-refractivity contribution in [1.82, 2.24) is 20.1 Å². The van der Waals surface area contributed by atoms with Crippen LogP contribution in [0.1, 0.15) is 50.1 Å². The van der Waals surface area contributed by atoms with Crippen molar-refractivity contribution >= 4 is 18.1 Å².